The maximum atomic E-state index is 6.21. The molecular formula is C13H21N. The predicted octanol–water partition coefficient (Wildman–Crippen LogP) is 3.01. The third-order valence-electron chi connectivity index (χ3n) is 3.43. The van der Waals surface area contributed by atoms with Crippen LogP contribution in [0.5, 0.6) is 0 Å². The first-order valence-corrected chi connectivity index (χ1v) is 5.12. The van der Waals surface area contributed by atoms with Gasteiger partial charge in [0.15, 0.2) is 0 Å². The molecule has 1 nitrogen and oxygen atoms in total. The number of hydrogen-bond donors (Lipinski definition) is 1. The van der Waals surface area contributed by atoms with Gasteiger partial charge in [-0.3, -0.25) is 0 Å². The maximum absolute atomic E-state index is 6.21. The molecule has 1 aromatic carbocycles. The Bertz CT molecular complexity index is 318. The second-order valence-corrected chi connectivity index (χ2v) is 5.16. The molecule has 1 rings (SSSR count). The normalized spacial score (nSPS) is 13.0. The minimum Gasteiger partial charge on any atom is -0.325 e. The van der Waals surface area contributed by atoms with Gasteiger partial charge < -0.3 is 5.73 Å². The van der Waals surface area contributed by atoms with E-state index < -0.39 is 0 Å². The van der Waals surface area contributed by atoms with Gasteiger partial charge in [0.2, 0.25) is 0 Å². The van der Waals surface area contributed by atoms with Crippen LogP contribution in [0, 0.1) is 6.92 Å². The van der Waals surface area contributed by atoms with E-state index in [-0.39, 0.29) is 11.0 Å². The largest absolute Gasteiger partial charge is 0.325 e. The summed E-state index contributed by atoms with van der Waals surface area (Å²) in [6.45, 7) is 10.7. The molecular weight excluding hydrogens is 170 g/mol. The minimum atomic E-state index is -0.209. The van der Waals surface area contributed by atoms with Gasteiger partial charge in [-0.1, -0.05) is 38.1 Å². The first-order valence-electron chi connectivity index (χ1n) is 5.12. The van der Waals surface area contributed by atoms with E-state index in [9.17, 15) is 0 Å². The van der Waals surface area contributed by atoms with E-state index in [0.717, 1.165) is 0 Å². The maximum Gasteiger partial charge on any atom is 0.0189 e. The second kappa shape index (κ2) is 3.39. The molecule has 0 aliphatic heterocycles. The molecule has 0 heterocycles. The van der Waals surface area contributed by atoms with Gasteiger partial charge in [0.25, 0.3) is 0 Å². The molecule has 1 aromatic rings. The summed E-state index contributed by atoms with van der Waals surface area (Å²) in [6, 6.07) is 8.46. The number of aryl methyl sites for hydroxylation is 1. The van der Waals surface area contributed by atoms with Crippen molar-refractivity contribution < 1.29 is 0 Å². The number of benzene rings is 1. The van der Waals surface area contributed by atoms with Gasteiger partial charge in [0, 0.05) is 11.0 Å². The highest BCUT2D eigenvalue weighted by molar-refractivity contribution is 5.35. The smallest absolute Gasteiger partial charge is 0.0189 e. The van der Waals surface area contributed by atoms with E-state index in [2.05, 4.69) is 58.9 Å². The monoisotopic (exact) mass is 191 g/mol. The number of rotatable bonds is 2. The summed E-state index contributed by atoms with van der Waals surface area (Å²) in [5.74, 6) is 0. The van der Waals surface area contributed by atoms with E-state index in [0.29, 0.717) is 0 Å². The Morgan fingerprint density at radius 2 is 1.50 bits per heavy atom. The van der Waals surface area contributed by atoms with Gasteiger partial charge >= 0.3 is 0 Å². The number of nitrogens with two attached hydrogens (primary N) is 1. The van der Waals surface area contributed by atoms with Gasteiger partial charge in [-0.25, -0.2) is 0 Å². The summed E-state index contributed by atoms with van der Waals surface area (Å²) < 4.78 is 0. The molecule has 0 bridgehead atoms. The molecule has 0 aliphatic carbocycles. The summed E-state index contributed by atoms with van der Waals surface area (Å²) in [4.78, 5) is 0. The van der Waals surface area contributed by atoms with Crippen molar-refractivity contribution >= 4 is 0 Å². The zero-order chi connectivity index (χ0) is 11.0. The molecule has 0 saturated heterocycles. The van der Waals surface area contributed by atoms with Crippen LogP contribution in [0.25, 0.3) is 0 Å². The van der Waals surface area contributed by atoms with Crippen LogP contribution in [0.3, 0.4) is 0 Å². The average Bonchev–Trinajstić information content (AvgIpc) is 2.02. The Balaban J connectivity index is 3.23. The van der Waals surface area contributed by atoms with Crippen molar-refractivity contribution in [1.29, 1.82) is 0 Å². The minimum absolute atomic E-state index is 0.00164. The van der Waals surface area contributed by atoms with Gasteiger partial charge in [0.1, 0.15) is 0 Å². The SMILES string of the molecule is Cc1ccccc1C(C)(C)C(C)(C)N. The standard InChI is InChI=1S/C13H21N/c1-10-8-6-7-9-11(10)12(2,3)13(4,5)14/h6-9H,14H2,1-5H3. The second-order valence-electron chi connectivity index (χ2n) is 5.16. The first-order chi connectivity index (χ1) is 6.27. The average molecular weight is 191 g/mol. The Kier molecular flexibility index (Phi) is 2.73. The summed E-state index contributed by atoms with van der Waals surface area (Å²) >= 11 is 0. The summed E-state index contributed by atoms with van der Waals surface area (Å²) in [7, 11) is 0. The van der Waals surface area contributed by atoms with Crippen LogP contribution in [-0.2, 0) is 5.41 Å². The van der Waals surface area contributed by atoms with E-state index in [1.54, 1.807) is 0 Å². The highest BCUT2D eigenvalue weighted by atomic mass is 14.7. The first kappa shape index (κ1) is 11.3. The van der Waals surface area contributed by atoms with Crippen LogP contribution < -0.4 is 5.73 Å². The van der Waals surface area contributed by atoms with E-state index in [1.807, 2.05) is 0 Å². The highest BCUT2D eigenvalue weighted by Gasteiger charge is 2.35. The van der Waals surface area contributed by atoms with Crippen molar-refractivity contribution in [2.45, 2.75) is 45.6 Å². The molecule has 0 fully saturated rings. The molecule has 0 saturated carbocycles. The fraction of sp³-hybridized carbons (Fsp3) is 0.538. The van der Waals surface area contributed by atoms with E-state index in [4.69, 9.17) is 5.73 Å². The molecule has 78 valence electrons. The van der Waals surface area contributed by atoms with Crippen LogP contribution in [-0.4, -0.2) is 5.54 Å². The van der Waals surface area contributed by atoms with Gasteiger partial charge in [-0.15, -0.1) is 0 Å². The molecule has 0 atom stereocenters. The summed E-state index contributed by atoms with van der Waals surface area (Å²) in [6.07, 6.45) is 0. The molecule has 0 unspecified atom stereocenters. The van der Waals surface area contributed by atoms with Crippen molar-refractivity contribution in [3.05, 3.63) is 35.4 Å². The van der Waals surface area contributed by atoms with Crippen LogP contribution in [0.15, 0.2) is 24.3 Å². The fourth-order valence-electron chi connectivity index (χ4n) is 1.62. The van der Waals surface area contributed by atoms with Crippen molar-refractivity contribution in [2.75, 3.05) is 0 Å². The molecule has 0 radical (unpaired) electrons. The van der Waals surface area contributed by atoms with E-state index in [1.165, 1.54) is 11.1 Å². The lowest BCUT2D eigenvalue weighted by atomic mass is 9.69. The molecule has 14 heavy (non-hydrogen) atoms. The third-order valence-corrected chi connectivity index (χ3v) is 3.43. The van der Waals surface area contributed by atoms with Crippen LogP contribution in [0.1, 0.15) is 38.8 Å². The highest BCUT2D eigenvalue weighted by Crippen LogP contribution is 2.34. The van der Waals surface area contributed by atoms with Gasteiger partial charge in [-0.05, 0) is 31.9 Å². The summed E-state index contributed by atoms with van der Waals surface area (Å²) in [5, 5.41) is 0. The third kappa shape index (κ3) is 1.83. The van der Waals surface area contributed by atoms with Crippen LogP contribution in [0.2, 0.25) is 0 Å². The van der Waals surface area contributed by atoms with Crippen molar-refractivity contribution in [1.82, 2.24) is 0 Å². The van der Waals surface area contributed by atoms with Crippen LogP contribution >= 0.6 is 0 Å². The lowest BCUT2D eigenvalue weighted by Gasteiger charge is -2.40. The molecule has 0 aliphatic rings. The molecule has 0 amide bonds. The molecule has 1 heteroatoms. The molecule has 0 aromatic heterocycles. The molecule has 2 N–H and O–H groups in total. The summed E-state index contributed by atoms with van der Waals surface area (Å²) in [5.41, 5.74) is 8.66. The molecule has 0 spiro atoms. The van der Waals surface area contributed by atoms with Crippen LogP contribution in [0.4, 0.5) is 0 Å². The zero-order valence-corrected chi connectivity index (χ0v) is 9.89. The predicted molar refractivity (Wildman–Crippen MR) is 62.5 cm³/mol. The Morgan fingerprint density at radius 1 is 1.00 bits per heavy atom. The lowest BCUT2D eigenvalue weighted by Crippen LogP contribution is -2.50. The van der Waals surface area contributed by atoms with Crippen molar-refractivity contribution in [3.63, 3.8) is 0 Å². The fourth-order valence-corrected chi connectivity index (χ4v) is 1.62. The Labute approximate surface area is 87.3 Å². The van der Waals surface area contributed by atoms with E-state index >= 15 is 0 Å². The number of hydrogen-bond acceptors (Lipinski definition) is 1. The lowest BCUT2D eigenvalue weighted by molar-refractivity contribution is 0.305. The van der Waals surface area contributed by atoms with Gasteiger partial charge in [-0.2, -0.15) is 0 Å². The topological polar surface area (TPSA) is 26.0 Å². The zero-order valence-electron chi connectivity index (χ0n) is 9.89. The van der Waals surface area contributed by atoms with Crippen molar-refractivity contribution in [2.24, 2.45) is 5.73 Å². The Morgan fingerprint density at radius 3 is 1.93 bits per heavy atom. The quantitative estimate of drug-likeness (QED) is 0.764. The Hall–Kier alpha value is -0.820. The van der Waals surface area contributed by atoms with Gasteiger partial charge in [0.05, 0.1) is 0 Å². The van der Waals surface area contributed by atoms with Crippen molar-refractivity contribution in [3.8, 4) is 0 Å².